The van der Waals surface area contributed by atoms with Crippen molar-refractivity contribution in [1.82, 2.24) is 5.32 Å². The zero-order valence-corrected chi connectivity index (χ0v) is 33.7. The summed E-state index contributed by atoms with van der Waals surface area (Å²) in [6, 6.07) is 5.01. The van der Waals surface area contributed by atoms with E-state index in [-0.39, 0.29) is 29.7 Å². The minimum Gasteiger partial charge on any atom is -0.456 e. The summed E-state index contributed by atoms with van der Waals surface area (Å²) in [5, 5.41) is 38.0. The van der Waals surface area contributed by atoms with Gasteiger partial charge in [0.05, 0.1) is 29.6 Å². The van der Waals surface area contributed by atoms with Crippen LogP contribution in [0.15, 0.2) is 41.5 Å². The van der Waals surface area contributed by atoms with Crippen LogP contribution in [0, 0.1) is 16.7 Å². The predicted molar refractivity (Wildman–Crippen MR) is 194 cm³/mol. The second-order valence-corrected chi connectivity index (χ2v) is 17.1. The number of carbonyl (C=O) groups excluding carboxylic acids is 6. The van der Waals surface area contributed by atoms with E-state index in [0.29, 0.717) is 0 Å². The summed E-state index contributed by atoms with van der Waals surface area (Å²) in [4.78, 5) is 81.1. The maximum atomic E-state index is 15.3. The number of Topliss-reactive ketones (excluding diaryl/α,β-unsaturated/α-hetero) is 1. The molecule has 58 heavy (non-hydrogen) atoms. The average molecular weight is 824 g/mol. The topological polar surface area (TPSA) is 231 Å². The molecule has 2 bridgehead atoms. The van der Waals surface area contributed by atoms with Gasteiger partial charge in [0.2, 0.25) is 0 Å². The number of ketones is 1. The minimum atomic E-state index is -3.52. The van der Waals surface area contributed by atoms with E-state index < -0.39 is 125 Å². The number of hydrogen-bond donors (Lipinski definition) is 4. The summed E-state index contributed by atoms with van der Waals surface area (Å²) in [6.45, 7) is 11.7. The van der Waals surface area contributed by atoms with Gasteiger partial charge in [-0.3, -0.25) is 14.4 Å². The standard InChI is InChI=1S/C40H51F2NO15/c1-18-22(55-34(50)27(47)26(32(41)42)43-35(51)58-36(4,5)6)16-40(52)31(56-33(49)21-13-11-10-12-14-21)29-38(9,23(46)15-24-39(29,17-53-24)57-20(3)45)30(48)28(54-19(2)44)25(18)37(40,7)8/h10-14,22-24,26-29,31-32,46-47,52H,15-17H2,1-9H3,(H,43,51)/t22-,23-,24+,26+,27+,28+,29-,31-,38+,39-,40+/m0/s1. The van der Waals surface area contributed by atoms with Crippen LogP contribution in [0.2, 0.25) is 0 Å². The minimum absolute atomic E-state index is 0.000437. The van der Waals surface area contributed by atoms with Crippen LogP contribution in [0.4, 0.5) is 13.6 Å². The lowest BCUT2D eigenvalue weighted by molar-refractivity contribution is -0.346. The molecule has 3 fully saturated rings. The Morgan fingerprint density at radius 1 is 0.983 bits per heavy atom. The van der Waals surface area contributed by atoms with Gasteiger partial charge in [0.1, 0.15) is 35.6 Å². The highest BCUT2D eigenvalue weighted by atomic mass is 19.3. The molecule has 1 saturated heterocycles. The van der Waals surface area contributed by atoms with Gasteiger partial charge in [-0.2, -0.15) is 0 Å². The fourth-order valence-corrected chi connectivity index (χ4v) is 9.10. The number of alkyl halides is 2. The first-order valence-electron chi connectivity index (χ1n) is 18.8. The number of nitrogens with one attached hydrogen (secondary N) is 1. The van der Waals surface area contributed by atoms with E-state index in [0.717, 1.165) is 13.8 Å². The lowest BCUT2D eigenvalue weighted by Crippen LogP contribution is -2.82. The number of benzene rings is 1. The zero-order valence-electron chi connectivity index (χ0n) is 33.7. The second kappa shape index (κ2) is 15.6. The molecule has 1 amide bonds. The van der Waals surface area contributed by atoms with Gasteiger partial charge < -0.3 is 49.1 Å². The Labute approximate surface area is 333 Å². The molecule has 1 aromatic rings. The molecule has 0 unspecified atom stereocenters. The van der Waals surface area contributed by atoms with Gasteiger partial charge in [-0.05, 0) is 57.9 Å². The number of rotatable bonds is 9. The van der Waals surface area contributed by atoms with Crippen molar-refractivity contribution >= 4 is 35.8 Å². The van der Waals surface area contributed by atoms with Crippen LogP contribution in [-0.2, 0) is 47.6 Å². The number of esters is 4. The first-order valence-corrected chi connectivity index (χ1v) is 18.8. The fraction of sp³-hybridized carbons (Fsp3) is 0.650. The molecule has 4 N–H and O–H groups in total. The number of hydrogen-bond acceptors (Lipinski definition) is 15. The number of amides is 1. The normalized spacial score (nSPS) is 33.7. The van der Waals surface area contributed by atoms with Crippen LogP contribution in [0.5, 0.6) is 0 Å². The zero-order chi connectivity index (χ0) is 43.5. The van der Waals surface area contributed by atoms with Crippen molar-refractivity contribution in [3.63, 3.8) is 0 Å². The van der Waals surface area contributed by atoms with Crippen LogP contribution in [0.1, 0.15) is 85.5 Å². The van der Waals surface area contributed by atoms with Gasteiger partial charge >= 0.3 is 30.0 Å². The van der Waals surface area contributed by atoms with Crippen molar-refractivity contribution in [2.24, 2.45) is 16.7 Å². The molecule has 18 heteroatoms. The molecule has 5 rings (SSSR count). The molecule has 4 aliphatic rings. The third-order valence-corrected chi connectivity index (χ3v) is 12.0. The SMILES string of the molecule is CC(=O)O[C@H]1C(=O)[C@@]2(C)[C@H]([C@H](OC(=O)c3ccccc3)[C@]3(O)C[C@H](OC(=O)[C@H](O)[C@@H](NC(=O)OC(C)(C)C)C(F)F)C(C)=C1C3(C)C)[C@]1(OC(C)=O)CO[C@@H]1C[C@@H]2O. The Bertz CT molecular complexity index is 1860. The van der Waals surface area contributed by atoms with Crippen molar-refractivity contribution in [2.75, 3.05) is 6.61 Å². The molecule has 0 radical (unpaired) electrons. The maximum Gasteiger partial charge on any atom is 0.408 e. The Morgan fingerprint density at radius 2 is 1.60 bits per heavy atom. The van der Waals surface area contributed by atoms with Gasteiger partial charge in [0, 0.05) is 32.1 Å². The van der Waals surface area contributed by atoms with Crippen molar-refractivity contribution in [1.29, 1.82) is 0 Å². The van der Waals surface area contributed by atoms with Gasteiger partial charge in [0.25, 0.3) is 6.43 Å². The third-order valence-electron chi connectivity index (χ3n) is 12.0. The molecule has 16 nitrogen and oxygen atoms in total. The van der Waals surface area contributed by atoms with E-state index in [2.05, 4.69) is 0 Å². The van der Waals surface area contributed by atoms with Crippen molar-refractivity contribution in [3.8, 4) is 0 Å². The largest absolute Gasteiger partial charge is 0.456 e. The summed E-state index contributed by atoms with van der Waals surface area (Å²) < 4.78 is 62.9. The number of alkyl carbamates (subject to hydrolysis) is 1. The Kier molecular flexibility index (Phi) is 12.0. The van der Waals surface area contributed by atoms with Crippen molar-refractivity contribution in [2.45, 2.75) is 141 Å². The van der Waals surface area contributed by atoms with Crippen LogP contribution < -0.4 is 5.32 Å². The van der Waals surface area contributed by atoms with E-state index in [1.807, 2.05) is 0 Å². The molecule has 0 aromatic heterocycles. The second-order valence-electron chi connectivity index (χ2n) is 17.1. The van der Waals surface area contributed by atoms with Gasteiger partial charge in [-0.1, -0.05) is 32.0 Å². The molecular formula is C40H51F2NO15. The Morgan fingerprint density at radius 3 is 2.12 bits per heavy atom. The maximum absolute atomic E-state index is 15.3. The molecule has 320 valence electrons. The lowest BCUT2D eigenvalue weighted by Gasteiger charge is -2.67. The molecule has 11 atom stereocenters. The van der Waals surface area contributed by atoms with Gasteiger partial charge in [-0.15, -0.1) is 0 Å². The van der Waals surface area contributed by atoms with Gasteiger partial charge in [0.15, 0.2) is 23.6 Å². The van der Waals surface area contributed by atoms with E-state index in [9.17, 15) is 48.1 Å². The average Bonchev–Trinajstić information content (AvgIpc) is 3.10. The summed E-state index contributed by atoms with van der Waals surface area (Å²) in [5.74, 6) is -7.11. The molecule has 2 saturated carbocycles. The lowest BCUT2D eigenvalue weighted by atomic mass is 9.44. The number of halogens is 2. The third kappa shape index (κ3) is 7.59. The molecule has 3 aliphatic carbocycles. The summed E-state index contributed by atoms with van der Waals surface area (Å²) in [7, 11) is 0. The summed E-state index contributed by atoms with van der Waals surface area (Å²) >= 11 is 0. The van der Waals surface area contributed by atoms with Crippen LogP contribution in [0.3, 0.4) is 0 Å². The summed E-state index contributed by atoms with van der Waals surface area (Å²) in [5.41, 5.74) is -9.54. The fourth-order valence-electron chi connectivity index (χ4n) is 9.10. The van der Waals surface area contributed by atoms with E-state index >= 15 is 4.79 Å². The number of aliphatic hydroxyl groups is 3. The molecule has 1 heterocycles. The molecule has 1 aliphatic heterocycles. The predicted octanol–water partition coefficient (Wildman–Crippen LogP) is 2.72. The van der Waals surface area contributed by atoms with E-state index in [1.54, 1.807) is 23.5 Å². The smallest absolute Gasteiger partial charge is 0.408 e. The van der Waals surface area contributed by atoms with E-state index in [4.69, 9.17) is 28.4 Å². The van der Waals surface area contributed by atoms with Crippen LogP contribution >= 0.6 is 0 Å². The molecular weight excluding hydrogens is 772 g/mol. The Balaban J connectivity index is 1.73. The van der Waals surface area contributed by atoms with Gasteiger partial charge in [-0.25, -0.2) is 23.2 Å². The monoisotopic (exact) mass is 823 g/mol. The van der Waals surface area contributed by atoms with Crippen molar-refractivity contribution < 1.29 is 81.3 Å². The highest BCUT2D eigenvalue weighted by molar-refractivity contribution is 5.95. The van der Waals surface area contributed by atoms with E-state index in [1.165, 1.54) is 60.6 Å². The highest BCUT2D eigenvalue weighted by Crippen LogP contribution is 2.64. The number of aliphatic hydroxyl groups excluding tert-OH is 2. The van der Waals surface area contributed by atoms with Crippen LogP contribution in [-0.4, -0.2) is 124 Å². The first-order chi connectivity index (χ1) is 26.7. The quantitative estimate of drug-likeness (QED) is 0.159. The highest BCUT2D eigenvalue weighted by Gasteiger charge is 2.78. The first kappa shape index (κ1) is 44.6. The summed E-state index contributed by atoms with van der Waals surface area (Å²) in [6.07, 6.45) is -16.9. The number of carbonyl (C=O) groups is 6. The molecule has 0 spiro atoms. The Hall–Kier alpha value is -4.52. The molecule has 1 aromatic carbocycles. The van der Waals surface area contributed by atoms with Crippen LogP contribution in [0.25, 0.3) is 0 Å². The number of fused-ring (bicyclic) bond motifs is 5. The number of ether oxygens (including phenoxy) is 6. The van der Waals surface area contributed by atoms with Crippen molar-refractivity contribution in [3.05, 3.63) is 47.0 Å².